The molecular formula is C18H14N3O3S3-. The van der Waals surface area contributed by atoms with Gasteiger partial charge in [-0.05, 0) is 71.7 Å². The summed E-state index contributed by atoms with van der Waals surface area (Å²) in [5.41, 5.74) is 7.87. The van der Waals surface area contributed by atoms with Crippen molar-refractivity contribution in [2.75, 3.05) is 11.4 Å². The van der Waals surface area contributed by atoms with Gasteiger partial charge in [-0.25, -0.2) is 0 Å². The fourth-order valence-corrected chi connectivity index (χ4v) is 4.67. The number of primary amides is 1. The van der Waals surface area contributed by atoms with E-state index in [9.17, 15) is 13.6 Å². The van der Waals surface area contributed by atoms with Crippen molar-refractivity contribution in [2.24, 2.45) is 5.73 Å². The summed E-state index contributed by atoms with van der Waals surface area (Å²) < 4.78 is 22.6. The van der Waals surface area contributed by atoms with Crippen LogP contribution in [0.25, 0.3) is 6.08 Å². The Balaban J connectivity index is 2.04. The normalized spacial score (nSPS) is 14.1. The lowest BCUT2D eigenvalue weighted by atomic mass is 10.1. The zero-order valence-electron chi connectivity index (χ0n) is 14.2. The van der Waals surface area contributed by atoms with Gasteiger partial charge < -0.3 is 15.2 Å². The van der Waals surface area contributed by atoms with Gasteiger partial charge in [0.1, 0.15) is 5.40 Å². The highest BCUT2D eigenvalue weighted by Crippen LogP contribution is 2.48. The molecule has 1 unspecified atom stereocenters. The standard InChI is InChI=1S/C18H15N3O3S3/c1-2-21-13-5-3-11(8-17(18(20)22)25-10-19)7-16(13)26-15-6-4-12(27(23)24)9-14(15)21/h3-9H,2H2,1H3,(H2,20,22)(H,23,24)/p-1/b17-8-. The summed E-state index contributed by atoms with van der Waals surface area (Å²) in [6.07, 6.45) is 1.59. The summed E-state index contributed by atoms with van der Waals surface area (Å²) in [6.45, 7) is 2.66. The number of thioether (sulfide) groups is 1. The number of fused-ring (bicyclic) bond motifs is 2. The van der Waals surface area contributed by atoms with E-state index in [1.54, 1.807) is 24.3 Å². The Kier molecular flexibility index (Phi) is 5.92. The van der Waals surface area contributed by atoms with Gasteiger partial charge in [-0.2, -0.15) is 5.26 Å². The van der Waals surface area contributed by atoms with Crippen molar-refractivity contribution in [3.8, 4) is 5.40 Å². The third-order valence-corrected chi connectivity index (χ3v) is 6.30. The molecule has 9 heteroatoms. The summed E-state index contributed by atoms with van der Waals surface area (Å²) in [5, 5.41) is 10.7. The first-order valence-electron chi connectivity index (χ1n) is 7.84. The Morgan fingerprint density at radius 1 is 1.33 bits per heavy atom. The Hall–Kier alpha value is -2.25. The average molecular weight is 417 g/mol. The van der Waals surface area contributed by atoms with Gasteiger partial charge in [0, 0.05) is 21.2 Å². The molecule has 0 spiro atoms. The molecule has 1 amide bonds. The molecule has 0 bridgehead atoms. The Labute approximate surface area is 167 Å². The van der Waals surface area contributed by atoms with Gasteiger partial charge in [-0.1, -0.05) is 17.8 Å². The molecular weight excluding hydrogens is 402 g/mol. The maximum absolute atomic E-state index is 11.4. The van der Waals surface area contributed by atoms with Crippen LogP contribution in [0, 0.1) is 10.7 Å². The van der Waals surface area contributed by atoms with Crippen molar-refractivity contribution in [2.45, 2.75) is 21.6 Å². The van der Waals surface area contributed by atoms with Crippen LogP contribution < -0.4 is 10.6 Å². The van der Waals surface area contributed by atoms with E-state index in [1.165, 1.54) is 11.8 Å². The number of nitrogens with two attached hydrogens (primary N) is 1. The van der Waals surface area contributed by atoms with Crippen molar-refractivity contribution < 1.29 is 13.6 Å². The van der Waals surface area contributed by atoms with Gasteiger partial charge in [0.15, 0.2) is 0 Å². The Bertz CT molecular complexity index is 1010. The molecule has 27 heavy (non-hydrogen) atoms. The maximum atomic E-state index is 11.4. The highest BCUT2D eigenvalue weighted by molar-refractivity contribution is 8.08. The van der Waals surface area contributed by atoms with Crippen LogP contribution in [0.5, 0.6) is 0 Å². The number of benzene rings is 2. The third-order valence-electron chi connectivity index (χ3n) is 3.92. The molecule has 2 aromatic carbocycles. The summed E-state index contributed by atoms with van der Waals surface area (Å²) in [5.74, 6) is -0.648. The van der Waals surface area contributed by atoms with Crippen LogP contribution in [0.3, 0.4) is 0 Å². The number of amides is 1. The summed E-state index contributed by atoms with van der Waals surface area (Å²) in [7, 11) is 0. The Morgan fingerprint density at radius 3 is 2.74 bits per heavy atom. The Morgan fingerprint density at radius 2 is 2.11 bits per heavy atom. The number of hydrogen-bond acceptors (Lipinski definition) is 7. The molecule has 6 nitrogen and oxygen atoms in total. The van der Waals surface area contributed by atoms with Crippen LogP contribution in [0.1, 0.15) is 12.5 Å². The van der Waals surface area contributed by atoms with Crippen LogP contribution in [-0.2, 0) is 15.9 Å². The molecule has 0 aromatic heterocycles. The minimum Gasteiger partial charge on any atom is -0.768 e. The van der Waals surface area contributed by atoms with Gasteiger partial charge in [0.25, 0.3) is 5.91 Å². The largest absolute Gasteiger partial charge is 0.768 e. The number of carbonyl (C=O) groups excluding carboxylic acids is 1. The number of nitriles is 1. The van der Waals surface area contributed by atoms with Crippen molar-refractivity contribution in [3.63, 3.8) is 0 Å². The summed E-state index contributed by atoms with van der Waals surface area (Å²) >= 11 is -0.0286. The second kappa shape index (κ2) is 8.19. The van der Waals surface area contributed by atoms with E-state index in [-0.39, 0.29) is 9.80 Å². The molecule has 3 rings (SSSR count). The van der Waals surface area contributed by atoms with E-state index in [1.807, 2.05) is 35.4 Å². The van der Waals surface area contributed by atoms with Gasteiger partial charge in [-0.15, -0.1) is 0 Å². The first-order valence-corrected chi connectivity index (χ1v) is 10.6. The van der Waals surface area contributed by atoms with E-state index < -0.39 is 17.0 Å². The molecule has 1 heterocycles. The molecule has 0 saturated heterocycles. The number of anilines is 2. The van der Waals surface area contributed by atoms with E-state index in [4.69, 9.17) is 11.0 Å². The molecule has 0 saturated carbocycles. The first-order chi connectivity index (χ1) is 12.9. The number of thiocyanates is 1. The molecule has 1 aliphatic heterocycles. The quantitative estimate of drug-likeness (QED) is 0.450. The minimum absolute atomic E-state index is 0.175. The van der Waals surface area contributed by atoms with Crippen molar-refractivity contribution >= 4 is 58.0 Å². The maximum Gasteiger partial charge on any atom is 0.256 e. The van der Waals surface area contributed by atoms with E-state index >= 15 is 0 Å². The predicted molar refractivity (Wildman–Crippen MR) is 107 cm³/mol. The first kappa shape index (κ1) is 19.5. The van der Waals surface area contributed by atoms with Crippen LogP contribution in [0.15, 0.2) is 56.0 Å². The summed E-state index contributed by atoms with van der Waals surface area (Å²) in [6, 6.07) is 10.7. The molecule has 0 fully saturated rings. The highest BCUT2D eigenvalue weighted by Gasteiger charge is 2.23. The van der Waals surface area contributed by atoms with Crippen molar-refractivity contribution in [1.29, 1.82) is 5.26 Å². The van der Waals surface area contributed by atoms with Crippen LogP contribution >= 0.6 is 23.5 Å². The third kappa shape index (κ3) is 4.04. The lowest BCUT2D eigenvalue weighted by Crippen LogP contribution is -2.20. The lowest BCUT2D eigenvalue weighted by Gasteiger charge is -2.32. The molecule has 1 aliphatic rings. The van der Waals surface area contributed by atoms with Gasteiger partial charge in [0.05, 0.1) is 16.3 Å². The minimum atomic E-state index is -2.28. The molecule has 0 aliphatic carbocycles. The molecule has 138 valence electrons. The van der Waals surface area contributed by atoms with E-state index in [0.29, 0.717) is 6.54 Å². The highest BCUT2D eigenvalue weighted by atomic mass is 32.2. The SMILES string of the molecule is CCN1c2ccc(/C=C(\SC#N)C(N)=O)cc2Sc2ccc(S(=O)[O-])cc21. The predicted octanol–water partition coefficient (Wildman–Crippen LogP) is 3.59. The summed E-state index contributed by atoms with van der Waals surface area (Å²) in [4.78, 5) is 15.8. The van der Waals surface area contributed by atoms with Crippen LogP contribution in [0.4, 0.5) is 11.4 Å². The van der Waals surface area contributed by atoms with E-state index in [2.05, 4.69) is 0 Å². The van der Waals surface area contributed by atoms with Gasteiger partial charge >= 0.3 is 0 Å². The number of rotatable bonds is 5. The van der Waals surface area contributed by atoms with Gasteiger partial charge in [-0.3, -0.25) is 9.00 Å². The average Bonchev–Trinajstić information content (AvgIpc) is 2.65. The van der Waals surface area contributed by atoms with Crippen molar-refractivity contribution in [3.05, 3.63) is 46.9 Å². The number of hydrogen-bond donors (Lipinski definition) is 1. The second-order valence-electron chi connectivity index (χ2n) is 5.50. The molecule has 2 N–H and O–H groups in total. The molecule has 2 aromatic rings. The monoisotopic (exact) mass is 416 g/mol. The topological polar surface area (TPSA) is 110 Å². The zero-order valence-corrected chi connectivity index (χ0v) is 16.6. The smallest absolute Gasteiger partial charge is 0.256 e. The van der Waals surface area contributed by atoms with Crippen LogP contribution in [-0.4, -0.2) is 21.2 Å². The zero-order chi connectivity index (χ0) is 19.6. The van der Waals surface area contributed by atoms with E-state index in [0.717, 1.165) is 38.5 Å². The van der Waals surface area contributed by atoms with Crippen molar-refractivity contribution in [1.82, 2.24) is 0 Å². The number of carbonyl (C=O) groups is 1. The molecule has 1 atom stereocenters. The van der Waals surface area contributed by atoms with Gasteiger partial charge in [0.2, 0.25) is 0 Å². The number of nitrogens with zero attached hydrogens (tertiary/aromatic N) is 2. The lowest BCUT2D eigenvalue weighted by molar-refractivity contribution is -0.113. The fraction of sp³-hybridized carbons (Fsp3) is 0.111. The van der Waals surface area contributed by atoms with Crippen LogP contribution in [0.2, 0.25) is 0 Å². The fourth-order valence-electron chi connectivity index (χ4n) is 2.76. The molecule has 0 radical (unpaired) electrons. The second-order valence-corrected chi connectivity index (χ2v) is 8.36.